The van der Waals surface area contributed by atoms with E-state index in [1.54, 1.807) is 0 Å². The smallest absolute Gasteiger partial charge is 0.122 e. The minimum atomic E-state index is 0.808. The van der Waals surface area contributed by atoms with Crippen LogP contribution in [0.3, 0.4) is 0 Å². The van der Waals surface area contributed by atoms with Crippen LogP contribution in [-0.4, -0.2) is 18.5 Å². The summed E-state index contributed by atoms with van der Waals surface area (Å²) in [5.41, 5.74) is 1.23. The molecule has 0 spiro atoms. The molecule has 0 saturated carbocycles. The lowest BCUT2D eigenvalue weighted by atomic mass is 10.0. The van der Waals surface area contributed by atoms with Gasteiger partial charge in [0.15, 0.2) is 0 Å². The highest BCUT2D eigenvalue weighted by Gasteiger charge is 2.06. The van der Waals surface area contributed by atoms with Crippen molar-refractivity contribution in [2.24, 2.45) is 0 Å². The summed E-state index contributed by atoms with van der Waals surface area (Å²) in [7, 11) is 0. The number of halogens is 1. The lowest BCUT2D eigenvalue weighted by Crippen LogP contribution is -2.00. The van der Waals surface area contributed by atoms with Gasteiger partial charge in [0, 0.05) is 5.33 Å². The van der Waals surface area contributed by atoms with Crippen LogP contribution < -0.4 is 9.47 Å². The summed E-state index contributed by atoms with van der Waals surface area (Å²) in [5.74, 6) is 1.99. The van der Waals surface area contributed by atoms with E-state index in [1.807, 2.05) is 0 Å². The normalized spacial score (nSPS) is 11.1. The summed E-state index contributed by atoms with van der Waals surface area (Å²) in [4.78, 5) is 0. The van der Waals surface area contributed by atoms with Crippen LogP contribution in [0.1, 0.15) is 83.1 Å². The molecule has 0 fully saturated rings. The molecule has 0 unspecified atom stereocenters. The number of unbranched alkanes of at least 4 members (excludes halogenated alkanes) is 9. The van der Waals surface area contributed by atoms with Gasteiger partial charge in [0.1, 0.15) is 11.5 Å². The maximum atomic E-state index is 6.05. The van der Waals surface area contributed by atoms with E-state index >= 15 is 0 Å². The number of fused-ring (bicyclic) bond motifs is 1. The molecule has 0 radical (unpaired) electrons. The lowest BCUT2D eigenvalue weighted by molar-refractivity contribution is 0.302. The Hall–Kier alpha value is -1.22. The van der Waals surface area contributed by atoms with Gasteiger partial charge in [-0.25, -0.2) is 0 Å². The van der Waals surface area contributed by atoms with Crippen molar-refractivity contribution in [3.8, 4) is 11.5 Å². The second-order valence-electron chi connectivity index (χ2n) is 7.99. The van der Waals surface area contributed by atoms with E-state index in [9.17, 15) is 0 Å². The molecular weight excluding hydrogens is 424 g/mol. The molecule has 0 heterocycles. The molecule has 2 aromatic carbocycles. The van der Waals surface area contributed by atoms with Crippen LogP contribution in [0, 0.1) is 6.92 Å². The van der Waals surface area contributed by atoms with Crippen molar-refractivity contribution in [1.29, 1.82) is 0 Å². The van der Waals surface area contributed by atoms with Gasteiger partial charge in [-0.05, 0) is 60.7 Å². The van der Waals surface area contributed by atoms with Crippen LogP contribution in [0.25, 0.3) is 10.8 Å². The first-order valence-corrected chi connectivity index (χ1v) is 12.7. The van der Waals surface area contributed by atoms with Crippen molar-refractivity contribution in [3.63, 3.8) is 0 Å². The van der Waals surface area contributed by atoms with Crippen LogP contribution in [0.4, 0.5) is 0 Å². The van der Waals surface area contributed by atoms with Crippen molar-refractivity contribution < 1.29 is 9.47 Å². The zero-order valence-corrected chi connectivity index (χ0v) is 20.1. The molecule has 2 rings (SSSR count). The van der Waals surface area contributed by atoms with E-state index < -0.39 is 0 Å². The van der Waals surface area contributed by atoms with E-state index in [2.05, 4.69) is 60.1 Å². The molecule has 29 heavy (non-hydrogen) atoms. The van der Waals surface area contributed by atoms with Crippen LogP contribution in [0.5, 0.6) is 11.5 Å². The first kappa shape index (κ1) is 24.1. The van der Waals surface area contributed by atoms with E-state index in [1.165, 1.54) is 74.1 Å². The largest absolute Gasteiger partial charge is 0.494 e. The zero-order valence-electron chi connectivity index (χ0n) is 18.5. The maximum Gasteiger partial charge on any atom is 0.122 e. The fraction of sp³-hybridized carbons (Fsp3) is 0.615. The predicted molar refractivity (Wildman–Crippen MR) is 130 cm³/mol. The number of benzene rings is 2. The summed E-state index contributed by atoms with van der Waals surface area (Å²) in [6.07, 6.45) is 14.0. The number of rotatable bonds is 16. The molecule has 3 heteroatoms. The molecule has 0 N–H and O–H groups in total. The maximum absolute atomic E-state index is 6.05. The number of aryl methyl sites for hydroxylation is 1. The molecule has 0 aliphatic carbocycles. The highest BCUT2D eigenvalue weighted by atomic mass is 79.9. The van der Waals surface area contributed by atoms with Gasteiger partial charge in [0.05, 0.1) is 13.2 Å². The van der Waals surface area contributed by atoms with Crippen LogP contribution in [-0.2, 0) is 0 Å². The Labute approximate surface area is 186 Å². The average Bonchev–Trinajstić information content (AvgIpc) is 2.74. The van der Waals surface area contributed by atoms with Crippen LogP contribution >= 0.6 is 15.9 Å². The van der Waals surface area contributed by atoms with Gasteiger partial charge in [-0.3, -0.25) is 0 Å². The highest BCUT2D eigenvalue weighted by molar-refractivity contribution is 9.09. The fourth-order valence-electron chi connectivity index (χ4n) is 3.67. The van der Waals surface area contributed by atoms with E-state index in [-0.39, 0.29) is 0 Å². The second-order valence-corrected chi connectivity index (χ2v) is 8.79. The second kappa shape index (κ2) is 14.7. The minimum Gasteiger partial charge on any atom is -0.494 e. The average molecular weight is 464 g/mol. The standard InChI is InChI=1S/C26H39BrO2/c1-3-4-5-9-13-20-29-26-17-14-23-21-24(15-16-25(23)22(26)2)28-19-12-10-7-6-8-11-18-27/h14-17,21H,3-13,18-20H2,1-2H3. The SMILES string of the molecule is CCCCCCCOc1ccc2cc(OCCCCCCCCBr)ccc2c1C. The van der Waals surface area contributed by atoms with Crippen LogP contribution in [0.2, 0.25) is 0 Å². The van der Waals surface area contributed by atoms with Gasteiger partial charge in [-0.1, -0.05) is 86.4 Å². The monoisotopic (exact) mass is 462 g/mol. The number of hydrogen-bond acceptors (Lipinski definition) is 2. The quantitative estimate of drug-likeness (QED) is 0.183. The zero-order chi connectivity index (χ0) is 20.7. The Bertz CT molecular complexity index is 698. The number of hydrogen-bond donors (Lipinski definition) is 0. The fourth-order valence-corrected chi connectivity index (χ4v) is 4.07. The van der Waals surface area contributed by atoms with Gasteiger partial charge >= 0.3 is 0 Å². The summed E-state index contributed by atoms with van der Waals surface area (Å²) in [6, 6.07) is 10.7. The predicted octanol–water partition coefficient (Wildman–Crippen LogP) is 8.61. The topological polar surface area (TPSA) is 18.5 Å². The molecule has 0 amide bonds. The van der Waals surface area contributed by atoms with Crippen LogP contribution in [0.15, 0.2) is 30.3 Å². The summed E-state index contributed by atoms with van der Waals surface area (Å²) in [5, 5.41) is 3.61. The Morgan fingerprint density at radius 1 is 0.724 bits per heavy atom. The van der Waals surface area contributed by atoms with Crippen molar-refractivity contribution >= 4 is 26.7 Å². The molecule has 0 aliphatic heterocycles. The molecule has 0 aliphatic rings. The third-order valence-electron chi connectivity index (χ3n) is 5.51. The Kier molecular flexibility index (Phi) is 12.2. The summed E-state index contributed by atoms with van der Waals surface area (Å²) in [6.45, 7) is 6.03. The first-order valence-electron chi connectivity index (χ1n) is 11.6. The molecule has 0 saturated heterocycles. The first-order chi connectivity index (χ1) is 14.3. The third-order valence-corrected chi connectivity index (χ3v) is 6.07. The van der Waals surface area contributed by atoms with Crippen molar-refractivity contribution in [2.75, 3.05) is 18.5 Å². The molecule has 0 aromatic heterocycles. The van der Waals surface area contributed by atoms with Gasteiger partial charge < -0.3 is 9.47 Å². The lowest BCUT2D eigenvalue weighted by Gasteiger charge is -2.13. The highest BCUT2D eigenvalue weighted by Crippen LogP contribution is 2.30. The van der Waals surface area contributed by atoms with Gasteiger partial charge in [0.25, 0.3) is 0 Å². The summed E-state index contributed by atoms with van der Waals surface area (Å²) >= 11 is 3.49. The molecule has 162 valence electrons. The summed E-state index contributed by atoms with van der Waals surface area (Å²) < 4.78 is 12.0. The molecule has 2 aromatic rings. The van der Waals surface area contributed by atoms with Gasteiger partial charge in [-0.15, -0.1) is 0 Å². The van der Waals surface area contributed by atoms with Gasteiger partial charge in [-0.2, -0.15) is 0 Å². The molecule has 0 atom stereocenters. The molecule has 2 nitrogen and oxygen atoms in total. The van der Waals surface area contributed by atoms with E-state index in [0.29, 0.717) is 0 Å². The van der Waals surface area contributed by atoms with Crippen molar-refractivity contribution in [2.45, 2.75) is 84.5 Å². The minimum absolute atomic E-state index is 0.808. The third kappa shape index (κ3) is 8.99. The molecule has 0 bridgehead atoms. The Balaban J connectivity index is 1.76. The Morgan fingerprint density at radius 2 is 1.38 bits per heavy atom. The van der Waals surface area contributed by atoms with E-state index in [4.69, 9.17) is 9.47 Å². The van der Waals surface area contributed by atoms with Gasteiger partial charge in [0.2, 0.25) is 0 Å². The number of ether oxygens (including phenoxy) is 2. The van der Waals surface area contributed by atoms with Crippen molar-refractivity contribution in [3.05, 3.63) is 35.9 Å². The number of alkyl halides is 1. The molecular formula is C26H39BrO2. The van der Waals surface area contributed by atoms with Crippen molar-refractivity contribution in [1.82, 2.24) is 0 Å². The Morgan fingerprint density at radius 3 is 2.10 bits per heavy atom. The van der Waals surface area contributed by atoms with E-state index in [0.717, 1.165) is 42.9 Å².